The van der Waals surface area contributed by atoms with E-state index in [0.29, 0.717) is 6.29 Å². The Morgan fingerprint density at radius 3 is 2.25 bits per heavy atom. The summed E-state index contributed by atoms with van der Waals surface area (Å²) in [5, 5.41) is 4.78. The summed E-state index contributed by atoms with van der Waals surface area (Å²) in [7, 11) is 0. The van der Waals surface area contributed by atoms with Gasteiger partial charge in [-0.1, -0.05) is 0 Å². The molecule has 0 aliphatic heterocycles. The molecule has 0 aliphatic rings. The molecule has 0 radical (unpaired) electrons. The van der Waals surface area contributed by atoms with Crippen molar-refractivity contribution in [2.24, 2.45) is 0 Å². The van der Waals surface area contributed by atoms with Gasteiger partial charge in [0.05, 0.1) is 0 Å². The molecular formula is C7H12N2O3. The summed E-state index contributed by atoms with van der Waals surface area (Å²) in [6.45, 7) is 2.79. The molecule has 0 bridgehead atoms. The lowest BCUT2D eigenvalue weighted by molar-refractivity contribution is -0.123. The Labute approximate surface area is 70.5 Å². The van der Waals surface area contributed by atoms with Crippen molar-refractivity contribution < 1.29 is 14.4 Å². The first-order valence-electron chi connectivity index (χ1n) is 3.53. The van der Waals surface area contributed by atoms with Gasteiger partial charge in [0.2, 0.25) is 11.8 Å². The topological polar surface area (TPSA) is 75.3 Å². The fourth-order valence-electron chi connectivity index (χ4n) is 0.648. The van der Waals surface area contributed by atoms with Crippen molar-refractivity contribution in [2.45, 2.75) is 19.9 Å². The number of carbonyl (C=O) groups excluding carboxylic acids is 3. The van der Waals surface area contributed by atoms with Gasteiger partial charge in [0, 0.05) is 20.4 Å². The quantitative estimate of drug-likeness (QED) is 0.524. The van der Waals surface area contributed by atoms with Crippen molar-refractivity contribution in [2.75, 3.05) is 6.54 Å². The third kappa shape index (κ3) is 5.40. The fraction of sp³-hybridized carbons (Fsp3) is 0.571. The second kappa shape index (κ2) is 5.29. The summed E-state index contributed by atoms with van der Waals surface area (Å²) in [6.07, 6.45) is 0.581. The van der Waals surface area contributed by atoms with Gasteiger partial charge >= 0.3 is 0 Å². The highest BCUT2D eigenvalue weighted by atomic mass is 16.2. The first-order valence-corrected chi connectivity index (χ1v) is 3.53. The zero-order chi connectivity index (χ0) is 9.56. The van der Waals surface area contributed by atoms with Crippen molar-refractivity contribution in [1.29, 1.82) is 0 Å². The Bertz CT molecular complexity index is 191. The van der Waals surface area contributed by atoms with Crippen LogP contribution in [0.5, 0.6) is 0 Å². The van der Waals surface area contributed by atoms with Crippen LogP contribution in [0.1, 0.15) is 13.8 Å². The number of amides is 2. The molecule has 0 aromatic rings. The van der Waals surface area contributed by atoms with Crippen LogP contribution in [0.4, 0.5) is 0 Å². The van der Waals surface area contributed by atoms with Gasteiger partial charge in [-0.3, -0.25) is 9.59 Å². The molecule has 1 unspecified atom stereocenters. The van der Waals surface area contributed by atoms with E-state index in [2.05, 4.69) is 10.6 Å². The van der Waals surface area contributed by atoms with E-state index in [-0.39, 0.29) is 18.4 Å². The third-order valence-electron chi connectivity index (χ3n) is 1.12. The minimum atomic E-state index is -0.633. The Morgan fingerprint density at radius 1 is 1.33 bits per heavy atom. The largest absolute Gasteiger partial charge is 0.354 e. The van der Waals surface area contributed by atoms with E-state index in [0.717, 1.165) is 0 Å². The van der Waals surface area contributed by atoms with Crippen LogP contribution in [0.2, 0.25) is 0 Å². The number of rotatable bonds is 4. The summed E-state index contributed by atoms with van der Waals surface area (Å²) in [5.41, 5.74) is 0. The van der Waals surface area contributed by atoms with Crippen LogP contribution in [-0.4, -0.2) is 30.7 Å². The number of nitrogens with one attached hydrogen (secondary N) is 2. The van der Waals surface area contributed by atoms with E-state index >= 15 is 0 Å². The number of hydrogen-bond acceptors (Lipinski definition) is 3. The summed E-state index contributed by atoms with van der Waals surface area (Å²) in [4.78, 5) is 31.2. The Hall–Kier alpha value is -1.39. The van der Waals surface area contributed by atoms with E-state index in [1.807, 2.05) is 0 Å². The third-order valence-corrected chi connectivity index (χ3v) is 1.12. The van der Waals surface area contributed by atoms with Gasteiger partial charge in [0.1, 0.15) is 12.3 Å². The SMILES string of the molecule is CC(=O)NCC(C=O)NC(C)=O. The van der Waals surface area contributed by atoms with Crippen molar-refractivity contribution in [3.63, 3.8) is 0 Å². The van der Waals surface area contributed by atoms with Crippen molar-refractivity contribution in [3.05, 3.63) is 0 Å². The minimum Gasteiger partial charge on any atom is -0.354 e. The molecule has 2 amide bonds. The lowest BCUT2D eigenvalue weighted by Gasteiger charge is -2.10. The molecule has 0 aromatic carbocycles. The molecular weight excluding hydrogens is 160 g/mol. The van der Waals surface area contributed by atoms with E-state index in [1.54, 1.807) is 0 Å². The van der Waals surface area contributed by atoms with Gasteiger partial charge in [-0.05, 0) is 0 Å². The molecule has 5 nitrogen and oxygen atoms in total. The van der Waals surface area contributed by atoms with Crippen LogP contribution in [-0.2, 0) is 14.4 Å². The molecule has 2 N–H and O–H groups in total. The zero-order valence-electron chi connectivity index (χ0n) is 7.09. The minimum absolute atomic E-state index is 0.137. The second-order valence-corrected chi connectivity index (χ2v) is 2.38. The molecule has 0 aliphatic carbocycles. The fourth-order valence-corrected chi connectivity index (χ4v) is 0.648. The average Bonchev–Trinajstić information content (AvgIpc) is 1.97. The first kappa shape index (κ1) is 10.6. The van der Waals surface area contributed by atoms with Gasteiger partial charge in [-0.15, -0.1) is 0 Å². The summed E-state index contributed by atoms with van der Waals surface area (Å²) in [5.74, 6) is -0.523. The monoisotopic (exact) mass is 172 g/mol. The highest BCUT2D eigenvalue weighted by Crippen LogP contribution is 1.76. The molecule has 0 fully saturated rings. The van der Waals surface area contributed by atoms with Gasteiger partial charge in [-0.2, -0.15) is 0 Å². The van der Waals surface area contributed by atoms with E-state index in [9.17, 15) is 14.4 Å². The van der Waals surface area contributed by atoms with Crippen LogP contribution in [0.15, 0.2) is 0 Å². The lowest BCUT2D eigenvalue weighted by Crippen LogP contribution is -2.43. The maximum absolute atomic E-state index is 10.5. The van der Waals surface area contributed by atoms with Crippen molar-refractivity contribution in [1.82, 2.24) is 10.6 Å². The number of aldehydes is 1. The smallest absolute Gasteiger partial charge is 0.217 e. The molecule has 12 heavy (non-hydrogen) atoms. The summed E-state index contributed by atoms with van der Waals surface area (Å²) in [6, 6.07) is -0.633. The zero-order valence-corrected chi connectivity index (χ0v) is 7.09. The molecule has 0 rings (SSSR count). The molecule has 0 heterocycles. The van der Waals surface area contributed by atoms with E-state index in [4.69, 9.17) is 0 Å². The van der Waals surface area contributed by atoms with Crippen molar-refractivity contribution in [3.8, 4) is 0 Å². The molecule has 5 heteroatoms. The molecule has 0 spiro atoms. The first-order chi connectivity index (χ1) is 5.56. The Balaban J connectivity index is 3.75. The summed E-state index contributed by atoms with van der Waals surface area (Å²) < 4.78 is 0. The number of carbonyl (C=O) groups is 3. The van der Waals surface area contributed by atoms with Gasteiger partial charge < -0.3 is 15.4 Å². The van der Waals surface area contributed by atoms with Gasteiger partial charge in [0.25, 0.3) is 0 Å². The van der Waals surface area contributed by atoms with Gasteiger partial charge in [-0.25, -0.2) is 0 Å². The molecule has 0 aromatic heterocycles. The predicted octanol–water partition coefficient (Wildman–Crippen LogP) is -1.17. The molecule has 68 valence electrons. The second-order valence-electron chi connectivity index (χ2n) is 2.38. The molecule has 0 saturated carbocycles. The normalized spacial score (nSPS) is 11.5. The summed E-state index contributed by atoms with van der Waals surface area (Å²) >= 11 is 0. The highest BCUT2D eigenvalue weighted by Gasteiger charge is 2.07. The van der Waals surface area contributed by atoms with E-state index in [1.165, 1.54) is 13.8 Å². The van der Waals surface area contributed by atoms with Gasteiger partial charge in [0.15, 0.2) is 0 Å². The van der Waals surface area contributed by atoms with Crippen LogP contribution < -0.4 is 10.6 Å². The Kier molecular flexibility index (Phi) is 4.67. The predicted molar refractivity (Wildman–Crippen MR) is 42.4 cm³/mol. The Morgan fingerprint density at radius 2 is 1.92 bits per heavy atom. The molecule has 1 atom stereocenters. The lowest BCUT2D eigenvalue weighted by atomic mass is 10.3. The van der Waals surface area contributed by atoms with Crippen molar-refractivity contribution >= 4 is 18.1 Å². The van der Waals surface area contributed by atoms with Crippen LogP contribution in [0, 0.1) is 0 Å². The van der Waals surface area contributed by atoms with Crippen LogP contribution >= 0.6 is 0 Å². The standard InChI is InChI=1S/C7H12N2O3/c1-5(11)8-3-7(4-10)9-6(2)12/h4,7H,3H2,1-2H3,(H,8,11)(H,9,12). The molecule has 0 saturated heterocycles. The average molecular weight is 172 g/mol. The van der Waals surface area contributed by atoms with Crippen LogP contribution in [0.3, 0.4) is 0 Å². The van der Waals surface area contributed by atoms with Crippen LogP contribution in [0.25, 0.3) is 0 Å². The maximum Gasteiger partial charge on any atom is 0.217 e. The van der Waals surface area contributed by atoms with E-state index < -0.39 is 6.04 Å². The highest BCUT2D eigenvalue weighted by molar-refractivity contribution is 5.78. The number of hydrogen-bond donors (Lipinski definition) is 2. The maximum atomic E-state index is 10.5.